The number of hydrogen-bond donors (Lipinski definition) is 2. The minimum absolute atomic E-state index is 0.211. The smallest absolute Gasteiger partial charge is 0.347 e. The van der Waals surface area contributed by atoms with Gasteiger partial charge in [0, 0.05) is 47.9 Å². The van der Waals surface area contributed by atoms with Crippen LogP contribution in [0.2, 0.25) is 0 Å². The fourth-order valence-corrected chi connectivity index (χ4v) is 5.53. The van der Waals surface area contributed by atoms with Crippen LogP contribution in [0.4, 0.5) is 13.2 Å². The summed E-state index contributed by atoms with van der Waals surface area (Å²) in [6, 6.07) is 10.7. The van der Waals surface area contributed by atoms with Crippen LogP contribution in [0.1, 0.15) is 32.4 Å². The molecule has 5 rings (SSSR count). The van der Waals surface area contributed by atoms with E-state index in [-0.39, 0.29) is 11.5 Å². The lowest BCUT2D eigenvalue weighted by molar-refractivity contribution is -0.138. The molecule has 0 saturated carbocycles. The van der Waals surface area contributed by atoms with Crippen molar-refractivity contribution in [2.24, 2.45) is 0 Å². The van der Waals surface area contributed by atoms with Crippen LogP contribution < -0.4 is 5.32 Å². The Morgan fingerprint density at radius 3 is 2.76 bits per heavy atom. The quantitative estimate of drug-likeness (QED) is 0.434. The highest BCUT2D eigenvalue weighted by molar-refractivity contribution is 7.20. The summed E-state index contributed by atoms with van der Waals surface area (Å²) in [6.07, 6.45) is -2.74. The number of thiophene rings is 1. The number of carbonyl (C=O) groups excluding carboxylic acids is 1. The summed E-state index contributed by atoms with van der Waals surface area (Å²) in [7, 11) is 1.85. The number of amides is 1. The standard InChI is InChI=1S/C24H22F3N5OS/c1-13-9-14(7-8-28-13)21-16-10-20(34-23(16)31-30-21)22(33)29-19-12-32(2)11-17(19)15-5-3-4-6-18(15)24(25,26)27/h3-10,17,19H,11-12H2,1-2H3,(H,29,33)(H,30,31)/t17-,19+/m0/s1. The van der Waals surface area contributed by atoms with Crippen LogP contribution >= 0.6 is 11.3 Å². The Balaban J connectivity index is 1.42. The maximum absolute atomic E-state index is 13.6. The average molecular weight is 486 g/mol. The van der Waals surface area contributed by atoms with Gasteiger partial charge in [-0.05, 0) is 43.8 Å². The molecule has 4 heterocycles. The number of pyridine rings is 1. The molecule has 1 aliphatic heterocycles. The number of nitrogens with one attached hydrogen (secondary N) is 2. The van der Waals surface area contributed by atoms with Crippen molar-refractivity contribution in [1.82, 2.24) is 25.4 Å². The topological polar surface area (TPSA) is 73.9 Å². The highest BCUT2D eigenvalue weighted by Crippen LogP contribution is 2.38. The first-order valence-electron chi connectivity index (χ1n) is 10.8. The predicted molar refractivity (Wildman–Crippen MR) is 125 cm³/mol. The molecule has 1 saturated heterocycles. The number of nitrogens with zero attached hydrogens (tertiary/aromatic N) is 3. The Hall–Kier alpha value is -3.24. The summed E-state index contributed by atoms with van der Waals surface area (Å²) in [5.41, 5.74) is 2.04. The molecule has 0 unspecified atom stereocenters. The van der Waals surface area contributed by atoms with E-state index in [4.69, 9.17) is 0 Å². The van der Waals surface area contributed by atoms with Crippen molar-refractivity contribution >= 4 is 27.5 Å². The Kier molecular flexibility index (Phi) is 5.65. The Labute approximate surface area is 197 Å². The van der Waals surface area contributed by atoms with E-state index in [1.54, 1.807) is 18.3 Å². The van der Waals surface area contributed by atoms with Gasteiger partial charge in [-0.25, -0.2) is 0 Å². The van der Waals surface area contributed by atoms with E-state index >= 15 is 0 Å². The van der Waals surface area contributed by atoms with Crippen LogP contribution in [-0.4, -0.2) is 52.2 Å². The molecule has 6 nitrogen and oxygen atoms in total. The molecule has 1 aliphatic rings. The monoisotopic (exact) mass is 485 g/mol. The van der Waals surface area contributed by atoms with Crippen LogP contribution in [-0.2, 0) is 6.18 Å². The number of carbonyl (C=O) groups is 1. The van der Waals surface area contributed by atoms with E-state index < -0.39 is 23.7 Å². The van der Waals surface area contributed by atoms with E-state index in [1.165, 1.54) is 23.5 Å². The zero-order chi connectivity index (χ0) is 24.0. The molecule has 176 valence electrons. The first-order chi connectivity index (χ1) is 16.2. The third-order valence-corrected chi connectivity index (χ3v) is 7.17. The highest BCUT2D eigenvalue weighted by Gasteiger charge is 2.40. The van der Waals surface area contributed by atoms with Gasteiger partial charge in [-0.1, -0.05) is 18.2 Å². The molecule has 0 spiro atoms. The van der Waals surface area contributed by atoms with Gasteiger partial charge in [0.1, 0.15) is 10.5 Å². The molecule has 2 atom stereocenters. The van der Waals surface area contributed by atoms with Crippen molar-refractivity contribution in [2.75, 3.05) is 20.1 Å². The Morgan fingerprint density at radius 1 is 1.21 bits per heavy atom. The van der Waals surface area contributed by atoms with E-state index in [1.807, 2.05) is 31.0 Å². The third-order valence-electron chi connectivity index (χ3n) is 6.13. The first-order valence-corrected chi connectivity index (χ1v) is 11.6. The van der Waals surface area contributed by atoms with Gasteiger partial charge in [0.15, 0.2) is 0 Å². The largest absolute Gasteiger partial charge is 0.416 e. The molecule has 1 fully saturated rings. The number of halogens is 3. The molecule has 34 heavy (non-hydrogen) atoms. The summed E-state index contributed by atoms with van der Waals surface area (Å²) < 4.78 is 40.9. The molecule has 1 amide bonds. The SMILES string of the molecule is Cc1cc(-c2n[nH]c3sc(C(=O)N[C@@H]4CN(C)C[C@H]4c4ccccc4C(F)(F)F)cc23)ccn1. The molecular weight excluding hydrogens is 463 g/mol. The number of fused-ring (bicyclic) bond motifs is 1. The fraction of sp³-hybridized carbons (Fsp3) is 0.292. The number of rotatable bonds is 4. The van der Waals surface area contributed by atoms with Crippen LogP contribution in [0.25, 0.3) is 21.5 Å². The number of aryl methyl sites for hydroxylation is 1. The van der Waals surface area contributed by atoms with Gasteiger partial charge < -0.3 is 10.2 Å². The number of likely N-dealkylation sites (N-methyl/N-ethyl adjacent to an activating group) is 1. The number of aromatic amines is 1. The van der Waals surface area contributed by atoms with Crippen LogP contribution in [0.3, 0.4) is 0 Å². The van der Waals surface area contributed by atoms with Crippen molar-refractivity contribution in [1.29, 1.82) is 0 Å². The van der Waals surface area contributed by atoms with Crippen molar-refractivity contribution in [3.8, 4) is 11.3 Å². The van der Waals surface area contributed by atoms with E-state index in [9.17, 15) is 18.0 Å². The highest BCUT2D eigenvalue weighted by atomic mass is 32.1. The molecule has 4 aromatic rings. The number of hydrogen-bond acceptors (Lipinski definition) is 5. The van der Waals surface area contributed by atoms with Gasteiger partial charge in [-0.2, -0.15) is 18.3 Å². The van der Waals surface area contributed by atoms with Gasteiger partial charge in [0.05, 0.1) is 10.4 Å². The zero-order valence-corrected chi connectivity index (χ0v) is 19.3. The minimum Gasteiger partial charge on any atom is -0.347 e. The van der Waals surface area contributed by atoms with Gasteiger partial charge in [0.2, 0.25) is 0 Å². The van der Waals surface area contributed by atoms with Crippen molar-refractivity contribution in [3.63, 3.8) is 0 Å². The second-order valence-corrected chi connectivity index (χ2v) is 9.66. The molecule has 0 bridgehead atoms. The van der Waals surface area contributed by atoms with Gasteiger partial charge in [-0.3, -0.25) is 14.9 Å². The summed E-state index contributed by atoms with van der Waals surface area (Å²) >= 11 is 1.27. The summed E-state index contributed by atoms with van der Waals surface area (Å²) in [6.45, 7) is 2.79. The molecular formula is C24H22F3N5OS. The van der Waals surface area contributed by atoms with Crippen molar-refractivity contribution in [2.45, 2.75) is 25.1 Å². The number of H-pyrrole nitrogens is 1. The molecule has 2 N–H and O–H groups in total. The lowest BCUT2D eigenvalue weighted by Gasteiger charge is -2.23. The Bertz CT molecular complexity index is 1360. The molecule has 1 aromatic carbocycles. The molecule has 0 aliphatic carbocycles. The fourth-order valence-electron chi connectivity index (χ4n) is 4.62. The zero-order valence-electron chi connectivity index (χ0n) is 18.5. The third kappa shape index (κ3) is 4.19. The first kappa shape index (κ1) is 22.5. The molecule has 3 aromatic heterocycles. The van der Waals surface area contributed by atoms with Gasteiger partial charge in [-0.15, -0.1) is 11.3 Å². The molecule has 10 heteroatoms. The molecule has 0 radical (unpaired) electrons. The summed E-state index contributed by atoms with van der Waals surface area (Å²) in [5.74, 6) is -0.769. The van der Waals surface area contributed by atoms with Crippen molar-refractivity contribution < 1.29 is 18.0 Å². The lowest BCUT2D eigenvalue weighted by Crippen LogP contribution is -2.39. The van der Waals surface area contributed by atoms with Crippen LogP contribution in [0.15, 0.2) is 48.7 Å². The van der Waals surface area contributed by atoms with E-state index in [0.717, 1.165) is 33.2 Å². The number of likely N-dealkylation sites (tertiary alicyclic amines) is 1. The van der Waals surface area contributed by atoms with Crippen LogP contribution in [0.5, 0.6) is 0 Å². The second-order valence-electron chi connectivity index (χ2n) is 8.60. The van der Waals surface area contributed by atoms with Gasteiger partial charge in [0.25, 0.3) is 5.91 Å². The Morgan fingerprint density at radius 2 is 2.00 bits per heavy atom. The van der Waals surface area contributed by atoms with Gasteiger partial charge >= 0.3 is 6.18 Å². The maximum Gasteiger partial charge on any atom is 0.416 e. The van der Waals surface area contributed by atoms with E-state index in [0.29, 0.717) is 18.0 Å². The number of benzene rings is 1. The van der Waals surface area contributed by atoms with E-state index in [2.05, 4.69) is 20.5 Å². The van der Waals surface area contributed by atoms with Crippen LogP contribution in [0, 0.1) is 6.92 Å². The normalized spacial score (nSPS) is 19.1. The van der Waals surface area contributed by atoms with Crippen molar-refractivity contribution in [3.05, 3.63) is 70.4 Å². The summed E-state index contributed by atoms with van der Waals surface area (Å²) in [5, 5.41) is 11.2. The second kappa shape index (κ2) is 8.52. The maximum atomic E-state index is 13.6. The average Bonchev–Trinajstić information content (AvgIpc) is 3.47. The minimum atomic E-state index is -4.45. The number of alkyl halides is 3. The lowest BCUT2D eigenvalue weighted by atomic mass is 9.90. The predicted octanol–water partition coefficient (Wildman–Crippen LogP) is 4.84. The summed E-state index contributed by atoms with van der Waals surface area (Å²) in [4.78, 5) is 20.5. The number of aromatic nitrogens is 3.